The Morgan fingerprint density at radius 1 is 1.07 bits per heavy atom. The molecule has 146 valence electrons. The fourth-order valence-electron chi connectivity index (χ4n) is 3.39. The van der Waals surface area contributed by atoms with E-state index in [1.54, 1.807) is 10.7 Å². The van der Waals surface area contributed by atoms with Crippen molar-refractivity contribution >= 4 is 11.7 Å². The molecule has 0 aliphatic rings. The molecule has 0 radical (unpaired) electrons. The third-order valence-corrected chi connectivity index (χ3v) is 4.88. The zero-order chi connectivity index (χ0) is 20.2. The molecule has 0 amide bonds. The van der Waals surface area contributed by atoms with Crippen LogP contribution in [-0.4, -0.2) is 30.5 Å². The predicted octanol–water partition coefficient (Wildman–Crippen LogP) is 3.40. The van der Waals surface area contributed by atoms with Crippen molar-refractivity contribution in [1.29, 1.82) is 0 Å². The summed E-state index contributed by atoms with van der Waals surface area (Å²) in [4.78, 5) is 25.7. The van der Waals surface area contributed by atoms with Crippen molar-refractivity contribution in [1.82, 2.24) is 24.6 Å². The van der Waals surface area contributed by atoms with Crippen LogP contribution < -0.4 is 0 Å². The van der Waals surface area contributed by atoms with Crippen molar-refractivity contribution in [3.05, 3.63) is 89.3 Å². The van der Waals surface area contributed by atoms with E-state index in [4.69, 9.17) is 4.74 Å². The first-order valence-electron chi connectivity index (χ1n) is 9.44. The maximum atomic E-state index is 12.7. The van der Waals surface area contributed by atoms with E-state index in [2.05, 4.69) is 20.1 Å². The van der Waals surface area contributed by atoms with E-state index in [0.29, 0.717) is 17.9 Å². The molecule has 4 rings (SSSR count). The number of ether oxygens (including phenoxy) is 1. The average molecular weight is 387 g/mol. The molecule has 1 atom stereocenters. The van der Waals surface area contributed by atoms with Gasteiger partial charge in [0, 0.05) is 24.0 Å². The summed E-state index contributed by atoms with van der Waals surface area (Å²) in [6.45, 7) is 3.88. The minimum atomic E-state index is -0.539. The first-order valence-corrected chi connectivity index (χ1v) is 9.44. The molecule has 3 heterocycles. The Morgan fingerprint density at radius 3 is 2.62 bits per heavy atom. The van der Waals surface area contributed by atoms with E-state index in [9.17, 15) is 4.79 Å². The summed E-state index contributed by atoms with van der Waals surface area (Å²) in [6, 6.07) is 15.2. The van der Waals surface area contributed by atoms with Gasteiger partial charge in [-0.3, -0.25) is 9.78 Å². The molecule has 0 fully saturated rings. The molecule has 4 aromatic rings. The van der Waals surface area contributed by atoms with Crippen LogP contribution in [0.15, 0.2) is 61.1 Å². The van der Waals surface area contributed by atoms with E-state index in [-0.39, 0.29) is 12.4 Å². The maximum Gasteiger partial charge on any atom is 0.307 e. The smallest absolute Gasteiger partial charge is 0.307 e. The van der Waals surface area contributed by atoms with Gasteiger partial charge >= 0.3 is 5.97 Å². The van der Waals surface area contributed by atoms with Gasteiger partial charge in [-0.05, 0) is 43.5 Å². The molecule has 0 saturated heterocycles. The molecular formula is C22H21N5O2. The van der Waals surface area contributed by atoms with Crippen LogP contribution in [0.25, 0.3) is 5.78 Å². The maximum absolute atomic E-state index is 12.7. The molecule has 29 heavy (non-hydrogen) atoms. The van der Waals surface area contributed by atoms with Crippen LogP contribution in [0.5, 0.6) is 0 Å². The molecule has 0 aliphatic carbocycles. The number of nitrogens with zero attached hydrogens (tertiary/aromatic N) is 5. The van der Waals surface area contributed by atoms with E-state index < -0.39 is 6.10 Å². The van der Waals surface area contributed by atoms with Crippen molar-refractivity contribution < 1.29 is 9.53 Å². The molecule has 0 spiro atoms. The van der Waals surface area contributed by atoms with Gasteiger partial charge in [0.05, 0.1) is 5.69 Å². The molecule has 3 aromatic heterocycles. The second-order valence-corrected chi connectivity index (χ2v) is 6.77. The predicted molar refractivity (Wildman–Crippen MR) is 107 cm³/mol. The van der Waals surface area contributed by atoms with Crippen molar-refractivity contribution in [3.63, 3.8) is 0 Å². The highest BCUT2D eigenvalue weighted by Gasteiger charge is 2.21. The number of hydrogen-bond donors (Lipinski definition) is 0. The standard InChI is InChI=1S/C22H21N5O2/c1-15-18(16(2)27-22(26-15)24-14-25-27)11-12-20(28)29-21(17-8-4-3-5-9-17)19-10-6-7-13-23-19/h3-10,13-14,21H,11-12H2,1-2H3. The van der Waals surface area contributed by atoms with E-state index in [0.717, 1.165) is 22.5 Å². The third kappa shape index (κ3) is 3.99. The van der Waals surface area contributed by atoms with Gasteiger partial charge in [0.25, 0.3) is 5.78 Å². The Kier molecular flexibility index (Phi) is 5.29. The van der Waals surface area contributed by atoms with Crippen LogP contribution in [0.4, 0.5) is 0 Å². The molecular weight excluding hydrogens is 366 g/mol. The number of aryl methyl sites for hydroxylation is 2. The van der Waals surface area contributed by atoms with Crippen LogP contribution in [0.3, 0.4) is 0 Å². The Hall–Kier alpha value is -3.61. The first kappa shape index (κ1) is 18.7. The van der Waals surface area contributed by atoms with Crippen LogP contribution in [0, 0.1) is 13.8 Å². The van der Waals surface area contributed by atoms with Crippen molar-refractivity contribution in [2.45, 2.75) is 32.8 Å². The van der Waals surface area contributed by atoms with E-state index >= 15 is 0 Å². The van der Waals surface area contributed by atoms with Crippen molar-refractivity contribution in [2.75, 3.05) is 0 Å². The molecule has 7 nitrogen and oxygen atoms in total. The molecule has 0 bridgehead atoms. The first-order chi connectivity index (χ1) is 14.1. The summed E-state index contributed by atoms with van der Waals surface area (Å²) < 4.78 is 7.53. The quantitative estimate of drug-likeness (QED) is 0.472. The highest BCUT2D eigenvalue weighted by molar-refractivity contribution is 5.70. The number of aromatic nitrogens is 5. The molecule has 7 heteroatoms. The second kappa shape index (κ2) is 8.18. The summed E-state index contributed by atoms with van der Waals surface area (Å²) in [5, 5.41) is 4.19. The lowest BCUT2D eigenvalue weighted by Gasteiger charge is -2.18. The lowest BCUT2D eigenvalue weighted by atomic mass is 10.0. The van der Waals surface area contributed by atoms with Gasteiger partial charge < -0.3 is 4.74 Å². The van der Waals surface area contributed by atoms with Crippen LogP contribution in [-0.2, 0) is 16.0 Å². The van der Waals surface area contributed by atoms with E-state index in [1.165, 1.54) is 6.33 Å². The summed E-state index contributed by atoms with van der Waals surface area (Å²) in [5.74, 6) is 0.271. The Balaban J connectivity index is 1.52. The number of esters is 1. The zero-order valence-electron chi connectivity index (χ0n) is 16.3. The summed E-state index contributed by atoms with van der Waals surface area (Å²) >= 11 is 0. The van der Waals surface area contributed by atoms with Crippen LogP contribution in [0.1, 0.15) is 40.7 Å². The largest absolute Gasteiger partial charge is 0.451 e. The summed E-state index contributed by atoms with van der Waals surface area (Å²) in [5.41, 5.74) is 4.35. The van der Waals surface area contributed by atoms with Crippen molar-refractivity contribution in [2.24, 2.45) is 0 Å². The average Bonchev–Trinajstić information content (AvgIpc) is 3.22. The number of benzene rings is 1. The minimum absolute atomic E-state index is 0.236. The van der Waals surface area contributed by atoms with Gasteiger partial charge in [-0.2, -0.15) is 10.1 Å². The number of carbonyl (C=O) groups is 1. The Morgan fingerprint density at radius 2 is 1.86 bits per heavy atom. The molecule has 1 aromatic carbocycles. The topological polar surface area (TPSA) is 82.3 Å². The van der Waals surface area contributed by atoms with Gasteiger partial charge in [0.1, 0.15) is 6.33 Å². The van der Waals surface area contributed by atoms with E-state index in [1.807, 2.05) is 62.4 Å². The lowest BCUT2D eigenvalue weighted by molar-refractivity contribution is -0.147. The monoisotopic (exact) mass is 387 g/mol. The fraction of sp³-hybridized carbons (Fsp3) is 0.227. The molecule has 0 saturated carbocycles. The Labute approximate surface area is 168 Å². The molecule has 0 aliphatic heterocycles. The minimum Gasteiger partial charge on any atom is -0.451 e. The zero-order valence-corrected chi connectivity index (χ0v) is 16.3. The van der Waals surface area contributed by atoms with Gasteiger partial charge in [0.15, 0.2) is 6.10 Å². The summed E-state index contributed by atoms with van der Waals surface area (Å²) in [6.07, 6.45) is 3.39. The van der Waals surface area contributed by atoms with Gasteiger partial charge in [0.2, 0.25) is 0 Å². The number of rotatable bonds is 6. The number of carbonyl (C=O) groups excluding carboxylic acids is 1. The normalized spacial score (nSPS) is 12.1. The van der Waals surface area contributed by atoms with Crippen LogP contribution >= 0.6 is 0 Å². The highest BCUT2D eigenvalue weighted by atomic mass is 16.5. The molecule has 1 unspecified atom stereocenters. The molecule has 0 N–H and O–H groups in total. The number of fused-ring (bicyclic) bond motifs is 1. The fourth-order valence-corrected chi connectivity index (χ4v) is 3.39. The van der Waals surface area contributed by atoms with Gasteiger partial charge in [-0.25, -0.2) is 9.50 Å². The highest BCUT2D eigenvalue weighted by Crippen LogP contribution is 2.25. The number of pyridine rings is 1. The van der Waals surface area contributed by atoms with Crippen LogP contribution in [0.2, 0.25) is 0 Å². The summed E-state index contributed by atoms with van der Waals surface area (Å²) in [7, 11) is 0. The number of hydrogen-bond acceptors (Lipinski definition) is 6. The second-order valence-electron chi connectivity index (χ2n) is 6.77. The SMILES string of the molecule is Cc1nc2ncnn2c(C)c1CCC(=O)OC(c1ccccc1)c1ccccn1. The van der Waals surface area contributed by atoms with Crippen molar-refractivity contribution in [3.8, 4) is 0 Å². The van der Waals surface area contributed by atoms with Gasteiger partial charge in [-0.1, -0.05) is 36.4 Å². The Bertz CT molecular complexity index is 1090. The van der Waals surface area contributed by atoms with Gasteiger partial charge in [-0.15, -0.1) is 0 Å². The third-order valence-electron chi connectivity index (χ3n) is 4.88. The lowest BCUT2D eigenvalue weighted by Crippen LogP contribution is -2.15.